The van der Waals surface area contributed by atoms with E-state index in [-0.39, 0.29) is 0 Å². The first-order chi connectivity index (χ1) is 4.70. The third-order valence-electron chi connectivity index (χ3n) is 0.901. The van der Waals surface area contributed by atoms with Gasteiger partial charge in [0.1, 0.15) is 12.4 Å². The summed E-state index contributed by atoms with van der Waals surface area (Å²) in [6, 6.07) is 0. The Labute approximate surface area is 59.3 Å². The number of carboxylic acid groups (broad SMARTS) is 1. The Balaban J connectivity index is 0.000000236. The summed E-state index contributed by atoms with van der Waals surface area (Å²) in [4.78, 5) is 8.25. The molecule has 10 heavy (non-hydrogen) atoms. The fourth-order valence-electron chi connectivity index (χ4n) is 0.575. The van der Waals surface area contributed by atoms with Crippen LogP contribution in [0.5, 0.6) is 0 Å². The molecule has 0 aromatic carbocycles. The second-order valence-corrected chi connectivity index (χ2v) is 1.84. The molecule has 0 aliphatic heterocycles. The highest BCUT2D eigenvalue weighted by Crippen LogP contribution is 1.70. The number of carbonyl (C=O) groups excluding carboxylic acids is 1. The molecule has 1 rings (SSSR count). The quantitative estimate of drug-likeness (QED) is 0.317. The van der Waals surface area contributed by atoms with Gasteiger partial charge in [0.05, 0.1) is 14.1 Å². The van der Waals surface area contributed by atoms with Gasteiger partial charge in [-0.2, -0.15) is 0 Å². The predicted molar refractivity (Wildman–Crippen MR) is 32.7 cm³/mol. The number of hydrogen-bond donors (Lipinski definition) is 0. The van der Waals surface area contributed by atoms with E-state index in [2.05, 4.69) is 0 Å². The lowest BCUT2D eigenvalue weighted by Gasteiger charge is -1.72. The minimum Gasteiger partial charge on any atom is -0.554 e. The van der Waals surface area contributed by atoms with Gasteiger partial charge in [0.2, 0.25) is 6.33 Å². The van der Waals surface area contributed by atoms with Crippen LogP contribution in [0.2, 0.25) is 0 Å². The molecule has 0 spiro atoms. The normalized spacial score (nSPS) is 7.80. The molecule has 0 amide bonds. The zero-order valence-corrected chi connectivity index (χ0v) is 6.02. The number of aromatic nitrogens is 2. The van der Waals surface area contributed by atoms with E-state index in [1.54, 1.807) is 0 Å². The van der Waals surface area contributed by atoms with Gasteiger partial charge in [-0.15, -0.1) is 0 Å². The maximum Gasteiger partial charge on any atom is 0.243 e. The lowest BCUT2D eigenvalue weighted by molar-refractivity contribution is -0.670. The lowest BCUT2D eigenvalue weighted by Crippen LogP contribution is -2.23. The lowest BCUT2D eigenvalue weighted by atomic mass is 10.9. The molecule has 0 atom stereocenters. The summed E-state index contributed by atoms with van der Waals surface area (Å²) in [5.41, 5.74) is 0. The zero-order valence-electron chi connectivity index (χ0n) is 6.02. The Hall–Kier alpha value is -1.32. The van der Waals surface area contributed by atoms with E-state index in [9.17, 15) is 0 Å². The van der Waals surface area contributed by atoms with Gasteiger partial charge in [0.25, 0.3) is 0 Å². The Bertz CT molecular complexity index is 179. The predicted octanol–water partition coefficient (Wildman–Crippen LogP) is -1.78. The fourth-order valence-corrected chi connectivity index (χ4v) is 0.575. The molecule has 0 radical (unpaired) electrons. The summed E-state index contributed by atoms with van der Waals surface area (Å²) in [6.07, 6.45) is 6.00. The number of aryl methyl sites for hydroxylation is 2. The van der Waals surface area contributed by atoms with Crippen molar-refractivity contribution >= 4 is 6.47 Å². The summed E-state index contributed by atoms with van der Waals surface area (Å²) in [5, 5.41) is 8.25. The first-order valence-corrected chi connectivity index (χ1v) is 2.73. The van der Waals surface area contributed by atoms with Gasteiger partial charge in [-0.3, -0.25) is 0 Å². The molecular formula is C6H10N2O2. The molecule has 0 unspecified atom stereocenters. The summed E-state index contributed by atoms with van der Waals surface area (Å²) < 4.78 is 4.00. The van der Waals surface area contributed by atoms with E-state index < -0.39 is 6.47 Å². The second kappa shape index (κ2) is 4.55. The first-order valence-electron chi connectivity index (χ1n) is 2.73. The molecule has 4 nitrogen and oxygen atoms in total. The maximum absolute atomic E-state index is 8.25. The molecule has 0 N–H and O–H groups in total. The molecule has 0 fully saturated rings. The van der Waals surface area contributed by atoms with Gasteiger partial charge in [0, 0.05) is 6.47 Å². The Kier molecular flexibility index (Phi) is 3.95. The molecule has 0 bridgehead atoms. The monoisotopic (exact) mass is 142 g/mol. The molecule has 4 heteroatoms. The van der Waals surface area contributed by atoms with Crippen LogP contribution in [-0.2, 0) is 18.9 Å². The van der Waals surface area contributed by atoms with Gasteiger partial charge in [-0.05, 0) is 0 Å². The molecule has 0 aliphatic carbocycles. The van der Waals surface area contributed by atoms with Crippen molar-refractivity contribution < 1.29 is 14.5 Å². The van der Waals surface area contributed by atoms with Gasteiger partial charge in [-0.25, -0.2) is 9.13 Å². The maximum atomic E-state index is 8.25. The summed E-state index contributed by atoms with van der Waals surface area (Å²) >= 11 is 0. The third-order valence-corrected chi connectivity index (χ3v) is 0.901. The van der Waals surface area contributed by atoms with Crippen LogP contribution in [0.25, 0.3) is 0 Å². The smallest absolute Gasteiger partial charge is 0.243 e. The van der Waals surface area contributed by atoms with E-state index in [1.807, 2.05) is 42.0 Å². The minimum atomic E-state index is -0.500. The van der Waals surface area contributed by atoms with E-state index in [1.165, 1.54) is 0 Å². The number of hydrogen-bond acceptors (Lipinski definition) is 2. The van der Waals surface area contributed by atoms with E-state index >= 15 is 0 Å². The van der Waals surface area contributed by atoms with Crippen molar-refractivity contribution in [2.24, 2.45) is 14.1 Å². The average Bonchev–Trinajstić information content (AvgIpc) is 2.17. The van der Waals surface area contributed by atoms with E-state index in [0.717, 1.165) is 0 Å². The Morgan fingerprint density at radius 3 is 2.30 bits per heavy atom. The van der Waals surface area contributed by atoms with Crippen LogP contribution in [-0.4, -0.2) is 11.0 Å². The number of rotatable bonds is 0. The van der Waals surface area contributed by atoms with E-state index in [0.29, 0.717) is 0 Å². The van der Waals surface area contributed by atoms with Crippen LogP contribution in [0.15, 0.2) is 18.7 Å². The molecule has 0 saturated heterocycles. The highest BCUT2D eigenvalue weighted by Gasteiger charge is 1.87. The summed E-state index contributed by atoms with van der Waals surface area (Å²) in [5.74, 6) is 0. The van der Waals surface area contributed by atoms with Crippen molar-refractivity contribution in [1.82, 2.24) is 4.57 Å². The first kappa shape index (κ1) is 8.68. The standard InChI is InChI=1S/C5H9N2.CH2O2/c1-6-3-4-7(2)5-6;2-1-3/h3-5H,1-2H3;1H,(H,2,3)/q+1;/p-1. The number of nitrogens with zero attached hydrogens (tertiary/aromatic N) is 2. The highest BCUT2D eigenvalue weighted by molar-refractivity contribution is 5.29. The van der Waals surface area contributed by atoms with E-state index in [4.69, 9.17) is 9.90 Å². The Morgan fingerprint density at radius 1 is 1.70 bits per heavy atom. The van der Waals surface area contributed by atoms with Crippen molar-refractivity contribution in [3.05, 3.63) is 18.7 Å². The summed E-state index contributed by atoms with van der Waals surface area (Å²) in [6.45, 7) is -0.500. The highest BCUT2D eigenvalue weighted by atomic mass is 16.3. The molecule has 0 aliphatic rings. The molecule has 1 heterocycles. The average molecular weight is 142 g/mol. The summed E-state index contributed by atoms with van der Waals surface area (Å²) in [7, 11) is 4.00. The van der Waals surface area contributed by atoms with Crippen molar-refractivity contribution in [3.8, 4) is 0 Å². The fraction of sp³-hybridized carbons (Fsp3) is 0.333. The SMILES string of the molecule is Cn1cc[n+](C)c1.O=C[O-]. The van der Waals surface area contributed by atoms with Crippen LogP contribution in [0.1, 0.15) is 0 Å². The molecule has 0 saturated carbocycles. The van der Waals surface area contributed by atoms with Gasteiger partial charge >= 0.3 is 0 Å². The second-order valence-electron chi connectivity index (χ2n) is 1.84. The minimum absolute atomic E-state index is 0.500. The van der Waals surface area contributed by atoms with Gasteiger partial charge < -0.3 is 9.90 Å². The van der Waals surface area contributed by atoms with Crippen LogP contribution in [0, 0.1) is 0 Å². The largest absolute Gasteiger partial charge is 0.554 e. The van der Waals surface area contributed by atoms with Crippen molar-refractivity contribution in [3.63, 3.8) is 0 Å². The van der Waals surface area contributed by atoms with Crippen molar-refractivity contribution in [2.45, 2.75) is 0 Å². The molecule has 56 valence electrons. The van der Waals surface area contributed by atoms with Gasteiger partial charge in [-0.1, -0.05) is 0 Å². The zero-order chi connectivity index (χ0) is 7.98. The van der Waals surface area contributed by atoms with Gasteiger partial charge in [0.15, 0.2) is 0 Å². The molecule has 1 aromatic heterocycles. The number of carbonyl (C=O) groups is 1. The van der Waals surface area contributed by atoms with Crippen LogP contribution < -0.4 is 9.67 Å². The Morgan fingerprint density at radius 2 is 2.20 bits per heavy atom. The molecule has 1 aromatic rings. The van der Waals surface area contributed by atoms with Crippen molar-refractivity contribution in [1.29, 1.82) is 0 Å². The van der Waals surface area contributed by atoms with Crippen LogP contribution in [0.3, 0.4) is 0 Å². The topological polar surface area (TPSA) is 48.9 Å². The van der Waals surface area contributed by atoms with Crippen LogP contribution in [0.4, 0.5) is 0 Å². The van der Waals surface area contributed by atoms with Crippen molar-refractivity contribution in [2.75, 3.05) is 0 Å². The number of imidazole rings is 1. The van der Waals surface area contributed by atoms with Crippen LogP contribution >= 0.6 is 0 Å². The molecular weight excluding hydrogens is 132 g/mol. The third kappa shape index (κ3) is 3.65.